The number of hydrogen-bond acceptors (Lipinski definition) is 7. The van der Waals surface area contributed by atoms with Gasteiger partial charge in [-0.05, 0) is 47.0 Å². The number of methoxy groups -OCH3 is 2. The maximum Gasteiger partial charge on any atom is 0.338 e. The number of halogens is 3. The number of aromatic hydroxyl groups is 1. The normalized spacial score (nSPS) is 11.5. The summed E-state index contributed by atoms with van der Waals surface area (Å²) in [7, 11) is 3.05. The van der Waals surface area contributed by atoms with Crippen LogP contribution < -0.4 is 14.8 Å². The van der Waals surface area contributed by atoms with Gasteiger partial charge in [-0.15, -0.1) is 0 Å². The molecule has 4 aromatic rings. The summed E-state index contributed by atoms with van der Waals surface area (Å²) in [4.78, 5) is 17.2. The second-order valence-corrected chi connectivity index (χ2v) is 9.36. The third kappa shape index (κ3) is 7.10. The molecule has 39 heavy (non-hydrogen) atoms. The molecule has 0 aliphatic carbocycles. The Bertz CT molecular complexity index is 1430. The van der Waals surface area contributed by atoms with Gasteiger partial charge in [-0.1, -0.05) is 41.4 Å². The molecule has 202 valence electrons. The third-order valence-corrected chi connectivity index (χ3v) is 6.59. The van der Waals surface area contributed by atoms with E-state index in [4.69, 9.17) is 37.4 Å². The summed E-state index contributed by atoms with van der Waals surface area (Å²) in [6, 6.07) is 15.8. The number of carbonyl (C=O) groups is 1. The van der Waals surface area contributed by atoms with Gasteiger partial charge in [0, 0.05) is 43.2 Å². The lowest BCUT2D eigenvalue weighted by atomic mass is 10.0. The molecule has 4 rings (SSSR count). The first-order valence-corrected chi connectivity index (χ1v) is 12.6. The van der Waals surface area contributed by atoms with Gasteiger partial charge >= 0.3 is 5.97 Å². The minimum atomic E-state index is -0.753. The molecular formula is C29H25Cl2FN2O5. The minimum Gasteiger partial charge on any atom is -0.508 e. The van der Waals surface area contributed by atoms with Gasteiger partial charge in [0.25, 0.3) is 0 Å². The van der Waals surface area contributed by atoms with Gasteiger partial charge in [0.15, 0.2) is 11.5 Å². The lowest BCUT2D eigenvalue weighted by Gasteiger charge is -2.21. The van der Waals surface area contributed by atoms with Crippen molar-refractivity contribution in [2.24, 2.45) is 0 Å². The number of hydrogen-bond donors (Lipinski definition) is 2. The van der Waals surface area contributed by atoms with Gasteiger partial charge in [0.2, 0.25) is 0 Å². The van der Waals surface area contributed by atoms with Gasteiger partial charge in [-0.2, -0.15) is 0 Å². The van der Waals surface area contributed by atoms with Crippen molar-refractivity contribution in [3.8, 4) is 17.2 Å². The average Bonchev–Trinajstić information content (AvgIpc) is 2.92. The number of aromatic nitrogens is 1. The lowest BCUT2D eigenvalue weighted by molar-refractivity contribution is 0.0297. The molecule has 0 unspecified atom stereocenters. The van der Waals surface area contributed by atoms with Crippen molar-refractivity contribution in [3.05, 3.63) is 111 Å². The van der Waals surface area contributed by atoms with Crippen molar-refractivity contribution >= 4 is 34.9 Å². The minimum absolute atomic E-state index is 0.172. The SMILES string of the molecule is COc1ccc([C@H](Cc2c(Cl)cncc2Cl)OC(=O)c2ccc(CNc3cc(O)cc(F)c3)cc2)cc1OC. The third-order valence-electron chi connectivity index (χ3n) is 5.94. The molecule has 0 aliphatic rings. The lowest BCUT2D eigenvalue weighted by Crippen LogP contribution is -2.15. The van der Waals surface area contributed by atoms with E-state index < -0.39 is 17.9 Å². The number of phenolic OH excluding ortho intramolecular Hbond substituents is 1. The van der Waals surface area contributed by atoms with Crippen LogP contribution in [0.2, 0.25) is 10.0 Å². The van der Waals surface area contributed by atoms with E-state index in [1.54, 1.807) is 42.5 Å². The van der Waals surface area contributed by atoms with Crippen molar-refractivity contribution < 1.29 is 28.5 Å². The van der Waals surface area contributed by atoms with E-state index in [0.717, 1.165) is 11.6 Å². The van der Waals surface area contributed by atoms with Crippen molar-refractivity contribution in [2.75, 3.05) is 19.5 Å². The van der Waals surface area contributed by atoms with Crippen molar-refractivity contribution in [1.82, 2.24) is 4.98 Å². The molecule has 10 heteroatoms. The highest BCUT2D eigenvalue weighted by atomic mass is 35.5. The fourth-order valence-electron chi connectivity index (χ4n) is 3.94. The van der Waals surface area contributed by atoms with Gasteiger partial charge in [-0.25, -0.2) is 9.18 Å². The Labute approximate surface area is 235 Å². The Hall–Kier alpha value is -4.01. The molecule has 0 saturated carbocycles. The standard InChI is InChI=1S/C29H25Cl2FN2O5/c1-37-26-8-7-19(9-28(26)38-2)27(13-23-24(30)15-33-16-25(23)31)39-29(36)18-5-3-17(4-6-18)14-34-21-10-20(32)11-22(35)12-21/h3-12,15-16,27,34-35H,13-14H2,1-2H3/t27-/m0/s1. The van der Waals surface area contributed by atoms with Crippen LogP contribution in [-0.4, -0.2) is 30.3 Å². The van der Waals surface area contributed by atoms with Crippen molar-refractivity contribution in [3.63, 3.8) is 0 Å². The zero-order valence-corrected chi connectivity index (χ0v) is 22.6. The highest BCUT2D eigenvalue weighted by Gasteiger charge is 2.23. The Morgan fingerprint density at radius 3 is 2.31 bits per heavy atom. The molecule has 2 N–H and O–H groups in total. The largest absolute Gasteiger partial charge is 0.508 e. The average molecular weight is 571 g/mol. The molecule has 0 amide bonds. The second-order valence-electron chi connectivity index (χ2n) is 8.54. The fraction of sp³-hybridized carbons (Fsp3) is 0.172. The number of phenols is 1. The summed E-state index contributed by atoms with van der Waals surface area (Å²) >= 11 is 12.7. The summed E-state index contributed by atoms with van der Waals surface area (Å²) in [5.74, 6) is -0.260. The Kier molecular flexibility index (Phi) is 9.11. The predicted octanol–water partition coefficient (Wildman–Crippen LogP) is 7.00. The number of carbonyl (C=O) groups excluding carboxylic acids is 1. The van der Waals surface area contributed by atoms with E-state index in [2.05, 4.69) is 10.3 Å². The Morgan fingerprint density at radius 1 is 0.974 bits per heavy atom. The summed E-state index contributed by atoms with van der Waals surface area (Å²) in [6.07, 6.45) is 2.41. The van der Waals surface area contributed by atoms with Crippen LogP contribution in [0.15, 0.2) is 73.1 Å². The van der Waals surface area contributed by atoms with E-state index in [1.807, 2.05) is 0 Å². The molecule has 0 saturated heterocycles. The first kappa shape index (κ1) is 28.0. The van der Waals surface area contributed by atoms with E-state index in [0.29, 0.717) is 50.5 Å². The molecule has 0 aliphatic heterocycles. The summed E-state index contributed by atoms with van der Waals surface area (Å²) in [5, 5.41) is 13.3. The van der Waals surface area contributed by atoms with Crippen molar-refractivity contribution in [2.45, 2.75) is 19.1 Å². The van der Waals surface area contributed by atoms with Gasteiger partial charge in [0.05, 0.1) is 29.8 Å². The van der Waals surface area contributed by atoms with Crippen LogP contribution in [0, 0.1) is 5.82 Å². The highest BCUT2D eigenvalue weighted by molar-refractivity contribution is 6.35. The monoisotopic (exact) mass is 570 g/mol. The molecule has 1 heterocycles. The summed E-state index contributed by atoms with van der Waals surface area (Å²) < 4.78 is 30.2. The van der Waals surface area contributed by atoms with Crippen molar-refractivity contribution in [1.29, 1.82) is 0 Å². The predicted molar refractivity (Wildman–Crippen MR) is 147 cm³/mol. The molecular weight excluding hydrogens is 546 g/mol. The van der Waals surface area contributed by atoms with Crippen LogP contribution in [0.3, 0.4) is 0 Å². The van der Waals surface area contributed by atoms with Crippen LogP contribution in [0.1, 0.15) is 33.2 Å². The Balaban J connectivity index is 1.53. The van der Waals surface area contributed by atoms with Crippen LogP contribution in [0.25, 0.3) is 0 Å². The number of nitrogens with zero attached hydrogens (tertiary/aromatic N) is 1. The number of nitrogens with one attached hydrogen (secondary N) is 1. The fourth-order valence-corrected chi connectivity index (χ4v) is 4.45. The molecule has 0 spiro atoms. The first-order valence-electron chi connectivity index (χ1n) is 11.8. The first-order chi connectivity index (χ1) is 18.8. The number of anilines is 1. The number of rotatable bonds is 10. The van der Waals surface area contributed by atoms with E-state index in [1.165, 1.54) is 38.7 Å². The molecule has 0 fully saturated rings. The topological polar surface area (TPSA) is 89.9 Å². The zero-order valence-electron chi connectivity index (χ0n) is 21.1. The van der Waals surface area contributed by atoms with E-state index in [-0.39, 0.29) is 12.2 Å². The van der Waals surface area contributed by atoms with Crippen LogP contribution in [0.4, 0.5) is 10.1 Å². The molecule has 1 atom stereocenters. The quantitative estimate of drug-likeness (QED) is 0.198. The number of esters is 1. The maximum atomic E-state index is 13.5. The Morgan fingerprint density at radius 2 is 1.67 bits per heavy atom. The molecule has 7 nitrogen and oxygen atoms in total. The number of pyridine rings is 1. The van der Waals surface area contributed by atoms with E-state index in [9.17, 15) is 14.3 Å². The maximum absolute atomic E-state index is 13.5. The molecule has 0 bridgehead atoms. The smallest absolute Gasteiger partial charge is 0.338 e. The molecule has 1 aromatic heterocycles. The van der Waals surface area contributed by atoms with Gasteiger partial charge < -0.3 is 24.6 Å². The number of ether oxygens (including phenoxy) is 3. The van der Waals surface area contributed by atoms with Crippen LogP contribution in [0.5, 0.6) is 17.2 Å². The van der Waals surface area contributed by atoms with E-state index >= 15 is 0 Å². The second kappa shape index (κ2) is 12.7. The van der Waals surface area contributed by atoms with Crippen LogP contribution >= 0.6 is 23.2 Å². The van der Waals surface area contributed by atoms with Gasteiger partial charge in [0.1, 0.15) is 17.7 Å². The number of benzene rings is 3. The molecule has 0 radical (unpaired) electrons. The highest BCUT2D eigenvalue weighted by Crippen LogP contribution is 2.35. The van der Waals surface area contributed by atoms with Crippen LogP contribution in [-0.2, 0) is 17.7 Å². The summed E-state index contributed by atoms with van der Waals surface area (Å²) in [5.41, 5.74) is 2.85. The molecule has 3 aromatic carbocycles. The van der Waals surface area contributed by atoms with Gasteiger partial charge in [-0.3, -0.25) is 4.98 Å². The summed E-state index contributed by atoms with van der Waals surface area (Å²) in [6.45, 7) is 0.353. The zero-order chi connectivity index (χ0) is 27.9.